The van der Waals surface area contributed by atoms with Crippen molar-refractivity contribution >= 4 is 5.97 Å². The number of carbonyl (C=O) groups excluding carboxylic acids is 1. The van der Waals surface area contributed by atoms with Crippen LogP contribution in [0.1, 0.15) is 39.0 Å². The van der Waals surface area contributed by atoms with Crippen LogP contribution in [0.2, 0.25) is 0 Å². The second-order valence-corrected chi connectivity index (χ2v) is 3.23. The third-order valence-corrected chi connectivity index (χ3v) is 1.91. The molecule has 1 rings (SSSR count). The van der Waals surface area contributed by atoms with E-state index in [0.717, 1.165) is 12.8 Å². The molecule has 0 bridgehead atoms. The molecule has 0 aromatic heterocycles. The van der Waals surface area contributed by atoms with E-state index in [4.69, 9.17) is 4.74 Å². The third kappa shape index (κ3) is 4.02. The van der Waals surface area contributed by atoms with Gasteiger partial charge in [-0.15, -0.1) is 0 Å². The van der Waals surface area contributed by atoms with Gasteiger partial charge in [-0.25, -0.2) is 0 Å². The zero-order valence-electron chi connectivity index (χ0n) is 7.14. The summed E-state index contributed by atoms with van der Waals surface area (Å²) in [7, 11) is 0. The molecule has 0 radical (unpaired) electrons. The van der Waals surface area contributed by atoms with E-state index in [1.54, 1.807) is 0 Å². The lowest BCUT2D eigenvalue weighted by Gasteiger charge is -2.01. The van der Waals surface area contributed by atoms with Crippen molar-refractivity contribution in [1.29, 1.82) is 0 Å². The van der Waals surface area contributed by atoms with Crippen molar-refractivity contribution in [2.24, 2.45) is 5.92 Å². The number of hydrogen-bond acceptors (Lipinski definition) is 2. The average Bonchev–Trinajstić information content (AvgIpc) is 2.80. The number of hydrogen-bond donors (Lipinski definition) is 0. The molecular formula is C9H16O2. The van der Waals surface area contributed by atoms with Crippen molar-refractivity contribution in [2.45, 2.75) is 39.0 Å². The molecule has 0 aliphatic heterocycles. The van der Waals surface area contributed by atoms with Crippen LogP contribution in [0.15, 0.2) is 0 Å². The summed E-state index contributed by atoms with van der Waals surface area (Å²) in [5.74, 6) is 0.680. The first-order valence-corrected chi connectivity index (χ1v) is 4.48. The van der Waals surface area contributed by atoms with Crippen molar-refractivity contribution in [3.8, 4) is 0 Å². The fraction of sp³-hybridized carbons (Fsp3) is 0.889. The third-order valence-electron chi connectivity index (χ3n) is 1.91. The van der Waals surface area contributed by atoms with Crippen molar-refractivity contribution in [3.63, 3.8) is 0 Å². The maximum Gasteiger partial charge on any atom is 0.305 e. The normalized spacial score (nSPS) is 16.5. The van der Waals surface area contributed by atoms with Crippen LogP contribution < -0.4 is 0 Å². The van der Waals surface area contributed by atoms with Gasteiger partial charge in [-0.05, 0) is 25.2 Å². The highest BCUT2D eigenvalue weighted by Crippen LogP contribution is 2.28. The van der Waals surface area contributed by atoms with Crippen LogP contribution in [0.5, 0.6) is 0 Å². The van der Waals surface area contributed by atoms with E-state index in [1.807, 2.05) is 0 Å². The summed E-state index contributed by atoms with van der Waals surface area (Å²) in [5.41, 5.74) is 0. The largest absolute Gasteiger partial charge is 0.465 e. The second-order valence-electron chi connectivity index (χ2n) is 3.23. The van der Waals surface area contributed by atoms with Gasteiger partial charge in [0, 0.05) is 6.42 Å². The Labute approximate surface area is 67.9 Å². The predicted molar refractivity (Wildman–Crippen MR) is 43.2 cm³/mol. The van der Waals surface area contributed by atoms with Crippen molar-refractivity contribution < 1.29 is 9.53 Å². The van der Waals surface area contributed by atoms with Crippen molar-refractivity contribution in [1.82, 2.24) is 0 Å². The highest BCUT2D eigenvalue weighted by molar-refractivity contribution is 5.69. The van der Waals surface area contributed by atoms with Crippen molar-refractivity contribution in [2.75, 3.05) is 6.61 Å². The Bertz CT molecular complexity index is 128. The van der Waals surface area contributed by atoms with E-state index in [9.17, 15) is 4.79 Å². The predicted octanol–water partition coefficient (Wildman–Crippen LogP) is 2.13. The highest BCUT2D eigenvalue weighted by atomic mass is 16.5. The minimum atomic E-state index is -0.0150. The lowest BCUT2D eigenvalue weighted by Crippen LogP contribution is -2.06. The summed E-state index contributed by atoms with van der Waals surface area (Å²) in [6.45, 7) is 2.75. The van der Waals surface area contributed by atoms with Gasteiger partial charge in [0.15, 0.2) is 0 Å². The highest BCUT2D eigenvalue weighted by Gasteiger charge is 2.22. The van der Waals surface area contributed by atoms with Crippen LogP contribution in [0, 0.1) is 5.92 Å². The summed E-state index contributed by atoms with van der Waals surface area (Å²) in [5, 5.41) is 0. The van der Waals surface area contributed by atoms with Crippen LogP contribution in [0.4, 0.5) is 0 Å². The quantitative estimate of drug-likeness (QED) is 0.570. The molecular weight excluding hydrogens is 140 g/mol. The van der Waals surface area contributed by atoms with Crippen LogP contribution in [-0.2, 0) is 9.53 Å². The van der Waals surface area contributed by atoms with Gasteiger partial charge in [0.1, 0.15) is 0 Å². The number of esters is 1. The SMILES string of the molecule is CCCCC(=O)OCC1CC1. The number of rotatable bonds is 5. The molecule has 64 valence electrons. The molecule has 0 atom stereocenters. The molecule has 1 saturated carbocycles. The summed E-state index contributed by atoms with van der Waals surface area (Å²) >= 11 is 0. The fourth-order valence-electron chi connectivity index (χ4n) is 0.889. The molecule has 0 amide bonds. The maximum absolute atomic E-state index is 10.9. The first-order valence-electron chi connectivity index (χ1n) is 4.48. The smallest absolute Gasteiger partial charge is 0.305 e. The standard InChI is InChI=1S/C9H16O2/c1-2-3-4-9(10)11-7-8-5-6-8/h8H,2-7H2,1H3. The van der Waals surface area contributed by atoms with Gasteiger partial charge in [0.25, 0.3) is 0 Å². The summed E-state index contributed by atoms with van der Waals surface area (Å²) in [4.78, 5) is 10.9. The van der Waals surface area contributed by atoms with Gasteiger partial charge < -0.3 is 4.74 Å². The van der Waals surface area contributed by atoms with E-state index < -0.39 is 0 Å². The maximum atomic E-state index is 10.9. The van der Waals surface area contributed by atoms with Gasteiger partial charge in [-0.3, -0.25) is 4.79 Å². The molecule has 2 heteroatoms. The number of carbonyl (C=O) groups is 1. The molecule has 0 N–H and O–H groups in total. The van der Waals surface area contributed by atoms with Gasteiger partial charge in [-0.1, -0.05) is 13.3 Å². The van der Waals surface area contributed by atoms with Gasteiger partial charge in [0.2, 0.25) is 0 Å². The number of unbranched alkanes of at least 4 members (excludes halogenated alkanes) is 1. The first kappa shape index (κ1) is 8.57. The first-order chi connectivity index (χ1) is 5.33. The molecule has 1 fully saturated rings. The molecule has 1 aliphatic carbocycles. The molecule has 2 nitrogen and oxygen atoms in total. The van der Waals surface area contributed by atoms with Crippen molar-refractivity contribution in [3.05, 3.63) is 0 Å². The average molecular weight is 156 g/mol. The monoisotopic (exact) mass is 156 g/mol. The minimum absolute atomic E-state index is 0.0150. The molecule has 0 saturated heterocycles. The molecule has 0 spiro atoms. The zero-order chi connectivity index (χ0) is 8.10. The topological polar surface area (TPSA) is 26.3 Å². The van der Waals surface area contributed by atoms with Gasteiger partial charge in [-0.2, -0.15) is 0 Å². The Balaban J connectivity index is 1.91. The molecule has 0 aromatic rings. The van der Waals surface area contributed by atoms with Crippen LogP contribution in [-0.4, -0.2) is 12.6 Å². The minimum Gasteiger partial charge on any atom is -0.465 e. The van der Waals surface area contributed by atoms with Crippen LogP contribution in [0.25, 0.3) is 0 Å². The Morgan fingerprint density at radius 2 is 2.27 bits per heavy atom. The number of ether oxygens (including phenoxy) is 1. The molecule has 11 heavy (non-hydrogen) atoms. The van der Waals surface area contributed by atoms with E-state index in [2.05, 4.69) is 6.92 Å². The lowest BCUT2D eigenvalue weighted by molar-refractivity contribution is -0.144. The van der Waals surface area contributed by atoms with E-state index >= 15 is 0 Å². The van der Waals surface area contributed by atoms with E-state index in [1.165, 1.54) is 12.8 Å². The molecule has 0 aromatic carbocycles. The Hall–Kier alpha value is -0.530. The summed E-state index contributed by atoms with van der Waals surface area (Å²) in [6.07, 6.45) is 5.13. The van der Waals surface area contributed by atoms with Gasteiger partial charge in [0.05, 0.1) is 6.61 Å². The molecule has 1 aliphatic rings. The summed E-state index contributed by atoms with van der Waals surface area (Å²) in [6, 6.07) is 0. The molecule has 0 unspecified atom stereocenters. The van der Waals surface area contributed by atoms with E-state index in [-0.39, 0.29) is 5.97 Å². The van der Waals surface area contributed by atoms with Crippen LogP contribution >= 0.6 is 0 Å². The molecule has 0 heterocycles. The summed E-state index contributed by atoms with van der Waals surface area (Å²) < 4.78 is 5.03. The van der Waals surface area contributed by atoms with Crippen LogP contribution in [0.3, 0.4) is 0 Å². The zero-order valence-corrected chi connectivity index (χ0v) is 7.14. The Morgan fingerprint density at radius 3 is 2.82 bits per heavy atom. The van der Waals surface area contributed by atoms with Gasteiger partial charge >= 0.3 is 5.97 Å². The fourth-order valence-corrected chi connectivity index (χ4v) is 0.889. The van der Waals surface area contributed by atoms with E-state index in [0.29, 0.717) is 18.9 Å². The second kappa shape index (κ2) is 4.37. The Kier molecular flexibility index (Phi) is 3.40. The Morgan fingerprint density at radius 1 is 1.55 bits per heavy atom. The lowest BCUT2D eigenvalue weighted by atomic mass is 10.2.